The van der Waals surface area contributed by atoms with Gasteiger partial charge in [0.1, 0.15) is 0 Å². The van der Waals surface area contributed by atoms with Gasteiger partial charge < -0.3 is 0 Å². The number of nitrogens with one attached hydrogen (secondary N) is 1. The van der Waals surface area contributed by atoms with Gasteiger partial charge in [-0.05, 0) is 11.6 Å². The second kappa shape index (κ2) is 2.25. The lowest BCUT2D eigenvalue weighted by atomic mass is 10.7. The number of nitrogens with zero attached hydrogens (tertiary/aromatic N) is 1. The molecule has 1 unspecified atom stereocenters. The highest BCUT2D eigenvalue weighted by atomic mass is 35.5. The highest BCUT2D eigenvalue weighted by Crippen LogP contribution is 2.09. The van der Waals surface area contributed by atoms with Gasteiger partial charge in [0, 0.05) is 6.08 Å². The lowest BCUT2D eigenvalue weighted by Gasteiger charge is -2.08. The van der Waals surface area contributed by atoms with Crippen LogP contribution in [-0.4, -0.2) is 12.5 Å². The Balaban J connectivity index is 2.76. The third-order valence-corrected chi connectivity index (χ3v) is 1.22. The number of hydrogen-bond donors (Lipinski definition) is 1. The highest BCUT2D eigenvalue weighted by molar-refractivity contribution is 6.29. The summed E-state index contributed by atoms with van der Waals surface area (Å²) in [6.07, 6.45) is -2.31. The first-order chi connectivity index (χ1) is 4.52. The molecule has 0 bridgehead atoms. The molecule has 0 amide bonds. The van der Waals surface area contributed by atoms with Gasteiger partial charge in [0.15, 0.2) is 0 Å². The molecule has 0 spiro atoms. The Morgan fingerprint density at radius 3 is 2.30 bits per heavy atom. The van der Waals surface area contributed by atoms with Gasteiger partial charge >= 0.3 is 6.30 Å². The molecule has 1 N–H and O–H groups in total. The minimum atomic E-state index is -4.43. The average molecular weight is 172 g/mol. The van der Waals surface area contributed by atoms with E-state index in [2.05, 4.69) is 5.10 Å². The molecule has 2 nitrogen and oxygen atoms in total. The van der Waals surface area contributed by atoms with Gasteiger partial charge in [0.25, 0.3) is 0 Å². The lowest BCUT2D eigenvalue weighted by molar-refractivity contribution is -0.975. The van der Waals surface area contributed by atoms with Crippen LogP contribution in [0.25, 0.3) is 0 Å². The Morgan fingerprint density at radius 1 is 1.50 bits per heavy atom. The monoisotopic (exact) mass is 171 g/mol. The van der Waals surface area contributed by atoms with Crippen molar-refractivity contribution in [3.05, 3.63) is 11.2 Å². The van der Waals surface area contributed by atoms with Gasteiger partial charge in [-0.2, -0.15) is 0 Å². The molecule has 0 radical (unpaired) electrons. The molecule has 1 aliphatic rings. The van der Waals surface area contributed by atoms with Crippen molar-refractivity contribution < 1.29 is 18.2 Å². The molecule has 0 aromatic carbocycles. The zero-order valence-electron chi connectivity index (χ0n) is 4.61. The van der Waals surface area contributed by atoms with E-state index in [1.165, 1.54) is 0 Å². The van der Waals surface area contributed by atoms with Crippen molar-refractivity contribution >= 4 is 17.8 Å². The summed E-state index contributed by atoms with van der Waals surface area (Å²) in [5.74, 6) is 0. The van der Waals surface area contributed by atoms with E-state index >= 15 is 0 Å². The van der Waals surface area contributed by atoms with Crippen LogP contribution in [0.15, 0.2) is 16.3 Å². The molecule has 0 fully saturated rings. The molecule has 1 heterocycles. The number of quaternary nitrogens is 1. The summed E-state index contributed by atoms with van der Waals surface area (Å²) in [4.78, 5) is 0. The maximum atomic E-state index is 11.7. The Hall–Kier alpha value is -0.550. The first kappa shape index (κ1) is 7.56. The zero-order valence-corrected chi connectivity index (χ0v) is 5.37. The van der Waals surface area contributed by atoms with Crippen LogP contribution >= 0.6 is 11.6 Å². The first-order valence-electron chi connectivity index (χ1n) is 2.36. The molecule has 1 atom stereocenters. The lowest BCUT2D eigenvalue weighted by Crippen LogP contribution is -3.10. The fourth-order valence-electron chi connectivity index (χ4n) is 0.526. The summed E-state index contributed by atoms with van der Waals surface area (Å²) in [5.41, 5.74) is 0. The summed E-state index contributed by atoms with van der Waals surface area (Å²) in [7, 11) is 0. The van der Waals surface area contributed by atoms with Crippen molar-refractivity contribution in [1.82, 2.24) is 0 Å². The maximum absolute atomic E-state index is 11.7. The summed E-state index contributed by atoms with van der Waals surface area (Å²) in [6.45, 7) is 0. The van der Waals surface area contributed by atoms with Gasteiger partial charge in [-0.1, -0.05) is 10.1 Å². The SMILES string of the molecule is FC(F)(F)[NH+]1N=CC=C1Cl. The maximum Gasteiger partial charge on any atom is 0.590 e. The fourth-order valence-corrected chi connectivity index (χ4v) is 0.739. The molecule has 1 aliphatic heterocycles. The van der Waals surface area contributed by atoms with E-state index < -0.39 is 11.3 Å². The minimum Gasteiger partial charge on any atom is -0.113 e. The zero-order chi connectivity index (χ0) is 7.78. The highest BCUT2D eigenvalue weighted by Gasteiger charge is 2.47. The minimum absolute atomic E-state index is 0.354. The van der Waals surface area contributed by atoms with Crippen LogP contribution in [0.5, 0.6) is 0 Å². The second-order valence-corrected chi connectivity index (χ2v) is 2.05. The van der Waals surface area contributed by atoms with Gasteiger partial charge in [-0.25, -0.2) is 0 Å². The molecular weight excluding hydrogens is 169 g/mol. The molecule has 1 rings (SSSR count). The van der Waals surface area contributed by atoms with Gasteiger partial charge in [0.2, 0.25) is 5.16 Å². The van der Waals surface area contributed by atoms with Crippen molar-refractivity contribution in [2.24, 2.45) is 5.10 Å². The Morgan fingerprint density at radius 2 is 2.10 bits per heavy atom. The molecule has 10 heavy (non-hydrogen) atoms. The summed E-state index contributed by atoms with van der Waals surface area (Å²) < 4.78 is 35.2. The standard InChI is InChI=1S/C4H2ClF3N2/c5-3-1-2-9-10(3)4(6,7)8/h1-2H/p+1. The summed E-state index contributed by atoms with van der Waals surface area (Å²) in [5, 5.41) is 1.66. The fraction of sp³-hybridized carbons (Fsp3) is 0.250. The first-order valence-corrected chi connectivity index (χ1v) is 2.74. The molecule has 0 aliphatic carbocycles. The van der Waals surface area contributed by atoms with Crippen LogP contribution in [0.3, 0.4) is 0 Å². The van der Waals surface area contributed by atoms with E-state index in [1.807, 2.05) is 0 Å². The van der Waals surface area contributed by atoms with E-state index in [9.17, 15) is 13.2 Å². The van der Waals surface area contributed by atoms with Crippen molar-refractivity contribution in [3.63, 3.8) is 0 Å². The summed E-state index contributed by atoms with van der Waals surface area (Å²) in [6, 6.07) is 0. The number of allylic oxidation sites excluding steroid dienone is 1. The topological polar surface area (TPSA) is 16.8 Å². The number of rotatable bonds is 0. The van der Waals surface area contributed by atoms with Crippen LogP contribution in [-0.2, 0) is 0 Å². The number of hydrogen-bond acceptors (Lipinski definition) is 1. The second-order valence-electron chi connectivity index (χ2n) is 1.64. The number of halogens is 4. The Kier molecular flexibility index (Phi) is 1.70. The predicted octanol–water partition coefficient (Wildman–Crippen LogP) is 0.471. The van der Waals surface area contributed by atoms with E-state index in [1.54, 1.807) is 0 Å². The quantitative estimate of drug-likeness (QED) is 0.511. The van der Waals surface area contributed by atoms with Crippen molar-refractivity contribution in [3.8, 4) is 0 Å². The molecular formula is C4H3ClF3N2+. The normalized spacial score (nSPS) is 25.2. The summed E-state index contributed by atoms with van der Waals surface area (Å²) >= 11 is 5.14. The van der Waals surface area contributed by atoms with Gasteiger partial charge in [-0.15, -0.1) is 13.2 Å². The van der Waals surface area contributed by atoms with Crippen molar-refractivity contribution in [2.45, 2.75) is 6.30 Å². The van der Waals surface area contributed by atoms with Crippen LogP contribution in [0.1, 0.15) is 0 Å². The molecule has 0 saturated heterocycles. The van der Waals surface area contributed by atoms with Gasteiger partial charge in [-0.3, -0.25) is 0 Å². The predicted molar refractivity (Wildman–Crippen MR) is 29.4 cm³/mol. The Bertz CT molecular complexity index is 195. The van der Waals surface area contributed by atoms with Crippen LogP contribution < -0.4 is 5.01 Å². The molecule has 6 heteroatoms. The molecule has 0 saturated carbocycles. The molecule has 56 valence electrons. The van der Waals surface area contributed by atoms with E-state index in [4.69, 9.17) is 11.6 Å². The van der Waals surface area contributed by atoms with Crippen molar-refractivity contribution in [1.29, 1.82) is 0 Å². The van der Waals surface area contributed by atoms with Crippen molar-refractivity contribution in [2.75, 3.05) is 0 Å². The largest absolute Gasteiger partial charge is 0.590 e. The van der Waals surface area contributed by atoms with E-state index in [0.29, 0.717) is 0 Å². The van der Waals surface area contributed by atoms with E-state index in [0.717, 1.165) is 12.3 Å². The van der Waals surface area contributed by atoms with Gasteiger partial charge in [0.05, 0.1) is 6.21 Å². The number of alkyl halides is 3. The molecule has 0 aromatic heterocycles. The smallest absolute Gasteiger partial charge is 0.113 e. The third kappa shape index (κ3) is 1.30. The van der Waals surface area contributed by atoms with Crippen LogP contribution in [0.4, 0.5) is 13.2 Å². The van der Waals surface area contributed by atoms with Crippen LogP contribution in [0.2, 0.25) is 0 Å². The van der Waals surface area contributed by atoms with E-state index in [-0.39, 0.29) is 5.16 Å². The Labute approximate surface area is 59.6 Å². The molecule has 0 aromatic rings. The average Bonchev–Trinajstić information content (AvgIpc) is 2.11. The van der Waals surface area contributed by atoms with Crippen LogP contribution in [0, 0.1) is 0 Å². The third-order valence-electron chi connectivity index (χ3n) is 0.919.